The summed E-state index contributed by atoms with van der Waals surface area (Å²) in [5, 5.41) is 1.99. The van der Waals surface area contributed by atoms with E-state index in [2.05, 4.69) is 10.9 Å². The molecule has 0 aliphatic heterocycles. The quantitative estimate of drug-likeness (QED) is 0.681. The molecule has 0 bridgehead atoms. The maximum atomic E-state index is 12.3. The topological polar surface area (TPSA) is 76.7 Å². The van der Waals surface area contributed by atoms with Crippen molar-refractivity contribution in [1.29, 1.82) is 0 Å². The Labute approximate surface area is 157 Å². The summed E-state index contributed by atoms with van der Waals surface area (Å²) in [6.07, 6.45) is 0. The zero-order chi connectivity index (χ0) is 19.2. The van der Waals surface area contributed by atoms with Crippen molar-refractivity contribution < 1.29 is 19.1 Å². The Hall–Kier alpha value is -3.54. The van der Waals surface area contributed by atoms with Gasteiger partial charge < -0.3 is 9.47 Å². The maximum absolute atomic E-state index is 12.3. The third-order valence-corrected chi connectivity index (χ3v) is 4.03. The maximum Gasteiger partial charge on any atom is 0.269 e. The third kappa shape index (κ3) is 4.17. The van der Waals surface area contributed by atoms with Crippen molar-refractivity contribution in [1.82, 2.24) is 10.9 Å². The minimum atomic E-state index is -0.453. The smallest absolute Gasteiger partial charge is 0.269 e. The SMILES string of the molecule is CCOc1ccc(C(=O)NNC(=O)c2ccc3ccccc3c2)cc1OC. The molecular formula is C21H20N2O4. The van der Waals surface area contributed by atoms with E-state index < -0.39 is 11.8 Å². The molecule has 0 fully saturated rings. The van der Waals surface area contributed by atoms with Crippen LogP contribution in [0.5, 0.6) is 11.5 Å². The first kappa shape index (κ1) is 18.3. The Bertz CT molecular complexity index is 985. The Kier molecular flexibility index (Phi) is 5.56. The molecule has 0 heterocycles. The Morgan fingerprint density at radius 3 is 2.11 bits per heavy atom. The largest absolute Gasteiger partial charge is 0.493 e. The van der Waals surface area contributed by atoms with Crippen LogP contribution in [0.4, 0.5) is 0 Å². The number of rotatable bonds is 5. The summed E-state index contributed by atoms with van der Waals surface area (Å²) in [6.45, 7) is 2.35. The standard InChI is InChI=1S/C21H20N2O4/c1-3-27-18-11-10-17(13-19(18)26-2)21(25)23-22-20(24)16-9-8-14-6-4-5-7-15(14)12-16/h4-13H,3H2,1-2H3,(H,22,24)(H,23,25). The van der Waals surface area contributed by atoms with E-state index in [1.807, 2.05) is 37.3 Å². The van der Waals surface area contributed by atoms with Crippen LogP contribution in [0.15, 0.2) is 60.7 Å². The number of ether oxygens (including phenoxy) is 2. The second kappa shape index (κ2) is 8.23. The molecule has 3 aromatic carbocycles. The van der Waals surface area contributed by atoms with Gasteiger partial charge in [0.05, 0.1) is 13.7 Å². The lowest BCUT2D eigenvalue weighted by atomic mass is 10.1. The van der Waals surface area contributed by atoms with Gasteiger partial charge in [0.25, 0.3) is 11.8 Å². The summed E-state index contributed by atoms with van der Waals surface area (Å²) in [5.41, 5.74) is 5.64. The van der Waals surface area contributed by atoms with E-state index in [1.54, 1.807) is 30.3 Å². The fourth-order valence-electron chi connectivity index (χ4n) is 2.67. The van der Waals surface area contributed by atoms with Crippen LogP contribution in [0.2, 0.25) is 0 Å². The van der Waals surface area contributed by atoms with E-state index in [0.717, 1.165) is 10.8 Å². The van der Waals surface area contributed by atoms with Crippen molar-refractivity contribution in [2.45, 2.75) is 6.92 Å². The number of nitrogens with one attached hydrogen (secondary N) is 2. The Balaban J connectivity index is 1.68. The molecule has 27 heavy (non-hydrogen) atoms. The predicted molar refractivity (Wildman–Crippen MR) is 103 cm³/mol. The van der Waals surface area contributed by atoms with E-state index in [1.165, 1.54) is 7.11 Å². The van der Waals surface area contributed by atoms with Crippen LogP contribution in [0.25, 0.3) is 10.8 Å². The number of hydrazine groups is 1. The minimum absolute atomic E-state index is 0.342. The summed E-state index contributed by atoms with van der Waals surface area (Å²) in [7, 11) is 1.50. The van der Waals surface area contributed by atoms with Crippen LogP contribution in [0, 0.1) is 0 Å². The number of hydrogen-bond acceptors (Lipinski definition) is 4. The molecule has 0 unspecified atom stereocenters. The van der Waals surface area contributed by atoms with Gasteiger partial charge in [-0.1, -0.05) is 30.3 Å². The van der Waals surface area contributed by atoms with E-state index in [0.29, 0.717) is 29.2 Å². The molecule has 2 amide bonds. The zero-order valence-corrected chi connectivity index (χ0v) is 15.1. The average molecular weight is 364 g/mol. The van der Waals surface area contributed by atoms with Crippen molar-refractivity contribution in [3.8, 4) is 11.5 Å². The lowest BCUT2D eigenvalue weighted by molar-refractivity contribution is 0.0846. The summed E-state index contributed by atoms with van der Waals surface area (Å²) in [4.78, 5) is 24.6. The predicted octanol–water partition coefficient (Wildman–Crippen LogP) is 3.32. The highest BCUT2D eigenvalue weighted by Gasteiger charge is 2.13. The van der Waals surface area contributed by atoms with E-state index >= 15 is 0 Å². The Morgan fingerprint density at radius 2 is 1.44 bits per heavy atom. The van der Waals surface area contributed by atoms with Gasteiger partial charge in [0.2, 0.25) is 0 Å². The fraction of sp³-hybridized carbons (Fsp3) is 0.143. The minimum Gasteiger partial charge on any atom is -0.493 e. The van der Waals surface area contributed by atoms with Gasteiger partial charge in [-0.05, 0) is 48.0 Å². The van der Waals surface area contributed by atoms with E-state index in [9.17, 15) is 9.59 Å². The van der Waals surface area contributed by atoms with Gasteiger partial charge in [-0.25, -0.2) is 0 Å². The highest BCUT2D eigenvalue weighted by molar-refractivity contribution is 6.01. The van der Waals surface area contributed by atoms with Crippen LogP contribution in [-0.2, 0) is 0 Å². The number of amides is 2. The molecule has 0 atom stereocenters. The molecule has 3 rings (SSSR count). The molecular weight excluding hydrogens is 344 g/mol. The molecule has 2 N–H and O–H groups in total. The van der Waals surface area contributed by atoms with Crippen LogP contribution in [-0.4, -0.2) is 25.5 Å². The molecule has 0 aliphatic rings. The third-order valence-electron chi connectivity index (χ3n) is 4.03. The van der Waals surface area contributed by atoms with Crippen LogP contribution < -0.4 is 20.3 Å². The van der Waals surface area contributed by atoms with E-state index in [-0.39, 0.29) is 0 Å². The summed E-state index contributed by atoms with van der Waals surface area (Å²) in [5.74, 6) is 0.152. The van der Waals surface area contributed by atoms with Crippen molar-refractivity contribution >= 4 is 22.6 Å². The summed E-state index contributed by atoms with van der Waals surface area (Å²) < 4.78 is 10.7. The van der Waals surface area contributed by atoms with E-state index in [4.69, 9.17) is 9.47 Å². The molecule has 6 heteroatoms. The second-order valence-corrected chi connectivity index (χ2v) is 5.77. The monoisotopic (exact) mass is 364 g/mol. The second-order valence-electron chi connectivity index (χ2n) is 5.77. The van der Waals surface area contributed by atoms with Gasteiger partial charge in [0.1, 0.15) is 0 Å². The first-order chi connectivity index (χ1) is 13.1. The molecule has 0 aliphatic carbocycles. The average Bonchev–Trinajstić information content (AvgIpc) is 2.71. The van der Waals surface area contributed by atoms with Gasteiger partial charge in [0.15, 0.2) is 11.5 Å². The first-order valence-electron chi connectivity index (χ1n) is 8.52. The first-order valence-corrected chi connectivity index (χ1v) is 8.52. The lowest BCUT2D eigenvalue weighted by Gasteiger charge is -2.12. The van der Waals surface area contributed by atoms with Gasteiger partial charge >= 0.3 is 0 Å². The molecule has 3 aromatic rings. The van der Waals surface area contributed by atoms with Gasteiger partial charge in [-0.2, -0.15) is 0 Å². The number of methoxy groups -OCH3 is 1. The van der Waals surface area contributed by atoms with Crippen molar-refractivity contribution in [3.63, 3.8) is 0 Å². The molecule has 0 aromatic heterocycles. The number of carbonyl (C=O) groups is 2. The van der Waals surface area contributed by atoms with Crippen LogP contribution in [0.1, 0.15) is 27.6 Å². The number of hydrogen-bond donors (Lipinski definition) is 2. The van der Waals surface area contributed by atoms with Gasteiger partial charge in [0, 0.05) is 11.1 Å². The van der Waals surface area contributed by atoms with Gasteiger partial charge in [-0.15, -0.1) is 0 Å². The van der Waals surface area contributed by atoms with Gasteiger partial charge in [-0.3, -0.25) is 20.4 Å². The van der Waals surface area contributed by atoms with Crippen molar-refractivity contribution in [3.05, 3.63) is 71.8 Å². The van der Waals surface area contributed by atoms with Crippen molar-refractivity contribution in [2.75, 3.05) is 13.7 Å². The lowest BCUT2D eigenvalue weighted by Crippen LogP contribution is -2.41. The molecule has 0 saturated carbocycles. The molecule has 138 valence electrons. The Morgan fingerprint density at radius 1 is 0.815 bits per heavy atom. The van der Waals surface area contributed by atoms with Crippen molar-refractivity contribution in [2.24, 2.45) is 0 Å². The normalized spacial score (nSPS) is 10.3. The summed E-state index contributed by atoms with van der Waals surface area (Å²) >= 11 is 0. The summed E-state index contributed by atoms with van der Waals surface area (Å²) in [6, 6.07) is 17.9. The van der Waals surface area contributed by atoms with Crippen LogP contribution >= 0.6 is 0 Å². The number of fused-ring (bicyclic) bond motifs is 1. The van der Waals surface area contributed by atoms with Crippen LogP contribution in [0.3, 0.4) is 0 Å². The zero-order valence-electron chi connectivity index (χ0n) is 15.1. The molecule has 6 nitrogen and oxygen atoms in total. The molecule has 0 saturated heterocycles. The number of benzene rings is 3. The highest BCUT2D eigenvalue weighted by Crippen LogP contribution is 2.27. The highest BCUT2D eigenvalue weighted by atomic mass is 16.5. The fourth-order valence-corrected chi connectivity index (χ4v) is 2.67. The molecule has 0 spiro atoms. The number of carbonyl (C=O) groups excluding carboxylic acids is 2. The molecule has 0 radical (unpaired) electrons.